The van der Waals surface area contributed by atoms with Crippen molar-refractivity contribution in [2.24, 2.45) is 17.5 Å². The van der Waals surface area contributed by atoms with Gasteiger partial charge in [0.15, 0.2) is 5.76 Å². The molecule has 4 N–H and O–H groups in total. The fraction of sp³-hybridized carbons (Fsp3) is 0.562. The van der Waals surface area contributed by atoms with Crippen LogP contribution in [0.1, 0.15) is 39.4 Å². The van der Waals surface area contributed by atoms with Gasteiger partial charge >= 0.3 is 0 Å². The summed E-state index contributed by atoms with van der Waals surface area (Å²) in [6.07, 6.45) is 5.22. The molecule has 1 aromatic rings. The van der Waals surface area contributed by atoms with Gasteiger partial charge in [-0.2, -0.15) is 0 Å². The molecular weight excluding hydrogens is 280 g/mol. The number of carbonyl (C=O) groups excluding carboxylic acids is 1. The predicted octanol–water partition coefficient (Wildman–Crippen LogP) is 1.75. The van der Waals surface area contributed by atoms with Gasteiger partial charge in [-0.1, -0.05) is 13.8 Å². The van der Waals surface area contributed by atoms with Crippen molar-refractivity contribution in [3.63, 3.8) is 0 Å². The van der Waals surface area contributed by atoms with E-state index in [9.17, 15) is 4.79 Å². The van der Waals surface area contributed by atoms with Crippen molar-refractivity contribution >= 4 is 11.6 Å². The Hall–Kier alpha value is -1.95. The number of likely N-dealkylation sites (tertiary alicyclic amines) is 1. The molecule has 22 heavy (non-hydrogen) atoms. The van der Waals surface area contributed by atoms with E-state index in [0.717, 1.165) is 19.4 Å². The Labute approximate surface area is 131 Å². The van der Waals surface area contributed by atoms with E-state index in [-0.39, 0.29) is 17.9 Å². The third-order valence-corrected chi connectivity index (χ3v) is 4.14. The molecule has 0 bridgehead atoms. The molecule has 2 unspecified atom stereocenters. The predicted molar refractivity (Wildman–Crippen MR) is 85.9 cm³/mol. The molecule has 2 heterocycles. The van der Waals surface area contributed by atoms with Crippen LogP contribution < -0.4 is 11.6 Å². The number of hydrogen-bond donors (Lipinski definition) is 2. The van der Waals surface area contributed by atoms with Gasteiger partial charge in [0.2, 0.25) is 5.91 Å². The maximum atomic E-state index is 12.8. The molecule has 2 atom stereocenters. The molecule has 6 nitrogen and oxygen atoms in total. The Balaban J connectivity index is 2.16. The second kappa shape index (κ2) is 6.87. The quantitative estimate of drug-likeness (QED) is 0.639. The highest BCUT2D eigenvalue weighted by atomic mass is 16.3. The third-order valence-electron chi connectivity index (χ3n) is 4.14. The van der Waals surface area contributed by atoms with Crippen LogP contribution in [0.15, 0.2) is 29.0 Å². The fourth-order valence-corrected chi connectivity index (χ4v) is 2.93. The van der Waals surface area contributed by atoms with Crippen LogP contribution in [-0.4, -0.2) is 34.4 Å². The van der Waals surface area contributed by atoms with Crippen molar-refractivity contribution in [1.29, 1.82) is 0 Å². The summed E-state index contributed by atoms with van der Waals surface area (Å²) < 4.78 is 5.24. The van der Waals surface area contributed by atoms with E-state index in [0.29, 0.717) is 11.5 Å². The standard InChI is InChI=1S/C16H26N4O2/c1-11(2)15(16(21)19-8-4-6-12(19)3)20(18)10-13(17)14-7-5-9-22-14/h5,7,9-12,15H,4,6,8,17-18H2,1-3H3/b13-10-. The molecule has 0 aromatic carbocycles. The van der Waals surface area contributed by atoms with Crippen molar-refractivity contribution in [2.75, 3.05) is 6.54 Å². The van der Waals surface area contributed by atoms with Gasteiger partial charge in [-0.15, -0.1) is 0 Å². The molecular formula is C16H26N4O2. The fourth-order valence-electron chi connectivity index (χ4n) is 2.93. The van der Waals surface area contributed by atoms with Gasteiger partial charge in [0.05, 0.1) is 12.0 Å². The lowest BCUT2D eigenvalue weighted by molar-refractivity contribution is -0.138. The number of furan rings is 1. The van der Waals surface area contributed by atoms with Crippen LogP contribution in [0.2, 0.25) is 0 Å². The van der Waals surface area contributed by atoms with Crippen molar-refractivity contribution in [3.8, 4) is 0 Å². The third kappa shape index (κ3) is 3.44. The number of nitrogens with zero attached hydrogens (tertiary/aromatic N) is 2. The molecule has 2 rings (SSSR count). The second-order valence-corrected chi connectivity index (χ2v) is 6.22. The summed E-state index contributed by atoms with van der Waals surface area (Å²) in [6.45, 7) is 6.85. The summed E-state index contributed by atoms with van der Waals surface area (Å²) in [5.74, 6) is 6.81. The number of amides is 1. The van der Waals surface area contributed by atoms with Gasteiger partial charge in [-0.3, -0.25) is 4.79 Å². The number of hydrazine groups is 1. The maximum Gasteiger partial charge on any atom is 0.247 e. The average molecular weight is 306 g/mol. The highest BCUT2D eigenvalue weighted by molar-refractivity contribution is 5.83. The van der Waals surface area contributed by atoms with Gasteiger partial charge in [0.1, 0.15) is 6.04 Å². The normalized spacial score (nSPS) is 20.5. The zero-order chi connectivity index (χ0) is 16.3. The molecule has 1 aromatic heterocycles. The average Bonchev–Trinajstić information content (AvgIpc) is 3.08. The minimum Gasteiger partial charge on any atom is -0.463 e. The first kappa shape index (κ1) is 16.4. The van der Waals surface area contributed by atoms with Crippen LogP contribution in [0.4, 0.5) is 0 Å². The van der Waals surface area contributed by atoms with Gasteiger partial charge < -0.3 is 20.1 Å². The van der Waals surface area contributed by atoms with Gasteiger partial charge in [0.25, 0.3) is 0 Å². The number of rotatable bonds is 5. The lowest BCUT2D eigenvalue weighted by atomic mass is 10.0. The summed E-state index contributed by atoms with van der Waals surface area (Å²) in [4.78, 5) is 14.7. The van der Waals surface area contributed by atoms with E-state index in [1.807, 2.05) is 18.7 Å². The van der Waals surface area contributed by atoms with Gasteiger partial charge in [0, 0.05) is 18.8 Å². The SMILES string of the molecule is CC(C)C(C(=O)N1CCCC1C)N(N)/C=C(\N)c1ccco1. The summed E-state index contributed by atoms with van der Waals surface area (Å²) in [7, 11) is 0. The van der Waals surface area contributed by atoms with Gasteiger partial charge in [-0.25, -0.2) is 5.84 Å². The molecule has 0 spiro atoms. The van der Waals surface area contributed by atoms with Crippen molar-refractivity contribution in [2.45, 2.75) is 45.7 Å². The monoisotopic (exact) mass is 306 g/mol. The minimum atomic E-state index is -0.436. The zero-order valence-corrected chi connectivity index (χ0v) is 13.5. The highest BCUT2D eigenvalue weighted by Crippen LogP contribution is 2.22. The molecule has 1 aliphatic rings. The topological polar surface area (TPSA) is 88.7 Å². The first-order valence-electron chi connectivity index (χ1n) is 7.76. The Morgan fingerprint density at radius 1 is 1.55 bits per heavy atom. The Morgan fingerprint density at radius 3 is 2.77 bits per heavy atom. The first-order valence-corrected chi connectivity index (χ1v) is 7.76. The molecule has 1 amide bonds. The maximum absolute atomic E-state index is 12.8. The Bertz CT molecular complexity index is 524. The molecule has 0 saturated carbocycles. The molecule has 0 aliphatic carbocycles. The van der Waals surface area contributed by atoms with Crippen LogP contribution in [0.25, 0.3) is 5.70 Å². The molecule has 1 fully saturated rings. The van der Waals surface area contributed by atoms with E-state index in [1.165, 1.54) is 5.01 Å². The minimum absolute atomic E-state index is 0.0611. The summed E-state index contributed by atoms with van der Waals surface area (Å²) in [5, 5.41) is 1.41. The van der Waals surface area contributed by atoms with E-state index < -0.39 is 6.04 Å². The highest BCUT2D eigenvalue weighted by Gasteiger charge is 2.34. The number of carbonyl (C=O) groups is 1. The van der Waals surface area contributed by atoms with Crippen molar-refractivity contribution < 1.29 is 9.21 Å². The number of hydrogen-bond acceptors (Lipinski definition) is 5. The van der Waals surface area contributed by atoms with Crippen molar-refractivity contribution in [3.05, 3.63) is 30.4 Å². The van der Waals surface area contributed by atoms with E-state index in [2.05, 4.69) is 6.92 Å². The zero-order valence-electron chi connectivity index (χ0n) is 13.5. The van der Waals surface area contributed by atoms with E-state index in [4.69, 9.17) is 16.0 Å². The summed E-state index contributed by atoms with van der Waals surface area (Å²) >= 11 is 0. The smallest absolute Gasteiger partial charge is 0.247 e. The summed E-state index contributed by atoms with van der Waals surface area (Å²) in [6, 6.07) is 3.35. The van der Waals surface area contributed by atoms with Crippen molar-refractivity contribution in [1.82, 2.24) is 9.91 Å². The first-order chi connectivity index (χ1) is 10.4. The number of nitrogens with two attached hydrogens (primary N) is 2. The molecule has 0 radical (unpaired) electrons. The Morgan fingerprint density at radius 2 is 2.27 bits per heavy atom. The van der Waals surface area contributed by atoms with Crippen LogP contribution in [0, 0.1) is 5.92 Å². The summed E-state index contributed by atoms with van der Waals surface area (Å²) in [5.41, 5.74) is 6.38. The van der Waals surface area contributed by atoms with Crippen LogP contribution in [-0.2, 0) is 4.79 Å². The van der Waals surface area contributed by atoms with E-state index >= 15 is 0 Å². The Kier molecular flexibility index (Phi) is 5.13. The lowest BCUT2D eigenvalue weighted by Crippen LogP contribution is -2.53. The molecule has 1 saturated heterocycles. The van der Waals surface area contributed by atoms with E-state index in [1.54, 1.807) is 24.6 Å². The molecule has 1 aliphatic heterocycles. The van der Waals surface area contributed by atoms with Crippen LogP contribution in [0.3, 0.4) is 0 Å². The van der Waals surface area contributed by atoms with Gasteiger partial charge in [-0.05, 0) is 37.8 Å². The molecule has 6 heteroatoms. The lowest BCUT2D eigenvalue weighted by Gasteiger charge is -2.33. The second-order valence-electron chi connectivity index (χ2n) is 6.22. The van der Waals surface area contributed by atoms with Crippen LogP contribution in [0.5, 0.6) is 0 Å². The van der Waals surface area contributed by atoms with Crippen LogP contribution >= 0.6 is 0 Å². The largest absolute Gasteiger partial charge is 0.463 e. The molecule has 122 valence electrons.